The van der Waals surface area contributed by atoms with Gasteiger partial charge in [0.2, 0.25) is 0 Å². The smallest absolute Gasteiger partial charge is 0.358 e. The van der Waals surface area contributed by atoms with Crippen molar-refractivity contribution < 1.29 is 9.53 Å². The fraction of sp³-hybridized carbons (Fsp3) is 0.462. The summed E-state index contributed by atoms with van der Waals surface area (Å²) in [6, 6.07) is 0. The molecule has 2 rings (SSSR count). The second kappa shape index (κ2) is 6.51. The van der Waals surface area contributed by atoms with Crippen LogP contribution in [0, 0.1) is 13.8 Å². The van der Waals surface area contributed by atoms with Crippen molar-refractivity contribution in [1.82, 2.24) is 14.8 Å². The number of aromatic nitrogens is 3. The normalized spacial score (nSPS) is 10.6. The predicted molar refractivity (Wildman–Crippen MR) is 78.3 cm³/mol. The van der Waals surface area contributed by atoms with Crippen molar-refractivity contribution in [3.05, 3.63) is 28.5 Å². The van der Waals surface area contributed by atoms with Crippen molar-refractivity contribution in [1.29, 1.82) is 0 Å². The van der Waals surface area contributed by atoms with Crippen LogP contribution in [0.25, 0.3) is 0 Å². The molecule has 0 unspecified atom stereocenters. The van der Waals surface area contributed by atoms with Crippen LogP contribution in [0.2, 0.25) is 0 Å². The second-order valence-electron chi connectivity index (χ2n) is 4.35. The zero-order valence-corrected chi connectivity index (χ0v) is 12.7. The molecular formula is C13H18N4O2S. The Morgan fingerprint density at radius 3 is 2.95 bits per heavy atom. The van der Waals surface area contributed by atoms with Crippen molar-refractivity contribution in [3.63, 3.8) is 0 Å². The van der Waals surface area contributed by atoms with Crippen molar-refractivity contribution in [2.24, 2.45) is 0 Å². The summed E-state index contributed by atoms with van der Waals surface area (Å²) in [4.78, 5) is 16.8. The first-order valence-electron chi connectivity index (χ1n) is 6.47. The van der Waals surface area contributed by atoms with Gasteiger partial charge in [-0.2, -0.15) is 5.10 Å². The minimum atomic E-state index is -0.364. The number of nitrogens with one attached hydrogen (secondary N) is 1. The minimum Gasteiger partial charge on any atom is -0.461 e. The molecule has 20 heavy (non-hydrogen) atoms. The van der Waals surface area contributed by atoms with Crippen molar-refractivity contribution in [2.45, 2.75) is 27.3 Å². The number of rotatable bonds is 6. The van der Waals surface area contributed by atoms with Gasteiger partial charge in [-0.1, -0.05) is 0 Å². The fourth-order valence-electron chi connectivity index (χ4n) is 1.73. The van der Waals surface area contributed by atoms with E-state index in [0.717, 1.165) is 22.1 Å². The number of ether oxygens (including phenoxy) is 1. The van der Waals surface area contributed by atoms with Crippen LogP contribution in [0.4, 0.5) is 5.13 Å². The molecule has 0 aliphatic heterocycles. The van der Waals surface area contributed by atoms with Crippen molar-refractivity contribution in [2.75, 3.05) is 18.5 Å². The van der Waals surface area contributed by atoms with E-state index in [2.05, 4.69) is 15.4 Å². The summed E-state index contributed by atoms with van der Waals surface area (Å²) in [7, 11) is 0. The minimum absolute atomic E-state index is 0.358. The largest absolute Gasteiger partial charge is 0.461 e. The standard InChI is InChI=1S/C13H18N4O2S/c1-4-19-12(18)11-10(3)20-13(16-11)14-5-6-17-8-9(2)7-15-17/h7-8H,4-6H2,1-3H3,(H,14,16). The van der Waals surface area contributed by atoms with Gasteiger partial charge in [-0.25, -0.2) is 9.78 Å². The van der Waals surface area contributed by atoms with Gasteiger partial charge in [-0.3, -0.25) is 4.68 Å². The van der Waals surface area contributed by atoms with Gasteiger partial charge in [-0.15, -0.1) is 11.3 Å². The quantitative estimate of drug-likeness (QED) is 0.828. The Morgan fingerprint density at radius 2 is 2.30 bits per heavy atom. The highest BCUT2D eigenvalue weighted by Gasteiger charge is 2.16. The molecule has 0 aliphatic carbocycles. The summed E-state index contributed by atoms with van der Waals surface area (Å²) in [5.74, 6) is -0.364. The van der Waals surface area contributed by atoms with E-state index < -0.39 is 0 Å². The lowest BCUT2D eigenvalue weighted by molar-refractivity contribution is 0.0519. The number of nitrogens with zero attached hydrogens (tertiary/aromatic N) is 3. The van der Waals surface area contributed by atoms with Crippen LogP contribution in [0.3, 0.4) is 0 Å². The molecule has 0 fully saturated rings. The molecule has 0 aromatic carbocycles. The first-order chi connectivity index (χ1) is 9.60. The lowest BCUT2D eigenvalue weighted by Gasteiger charge is -2.02. The number of anilines is 1. The summed E-state index contributed by atoms with van der Waals surface area (Å²) < 4.78 is 6.83. The van der Waals surface area contributed by atoms with E-state index >= 15 is 0 Å². The number of carbonyl (C=O) groups is 1. The third-order valence-electron chi connectivity index (χ3n) is 2.64. The molecular weight excluding hydrogens is 276 g/mol. The average Bonchev–Trinajstić information content (AvgIpc) is 2.96. The highest BCUT2D eigenvalue weighted by Crippen LogP contribution is 2.22. The van der Waals surface area contributed by atoms with Crippen molar-refractivity contribution >= 4 is 22.4 Å². The Balaban J connectivity index is 1.90. The number of aryl methyl sites for hydroxylation is 2. The molecule has 7 heteroatoms. The van der Waals surface area contributed by atoms with Gasteiger partial charge in [0.05, 0.1) is 19.3 Å². The Bertz CT molecular complexity index is 591. The molecule has 0 spiro atoms. The Hall–Kier alpha value is -1.89. The number of carbonyl (C=O) groups excluding carboxylic acids is 1. The Kier molecular flexibility index (Phi) is 4.73. The van der Waals surface area contributed by atoms with Gasteiger partial charge in [0, 0.05) is 17.6 Å². The van der Waals surface area contributed by atoms with Crippen LogP contribution in [-0.4, -0.2) is 33.9 Å². The van der Waals surface area contributed by atoms with E-state index in [1.165, 1.54) is 11.3 Å². The first-order valence-corrected chi connectivity index (χ1v) is 7.29. The van der Waals surface area contributed by atoms with Gasteiger partial charge in [0.25, 0.3) is 0 Å². The Labute approximate surface area is 121 Å². The predicted octanol–water partition coefficient (Wildman–Crippen LogP) is 2.25. The van der Waals surface area contributed by atoms with Gasteiger partial charge in [0.1, 0.15) is 0 Å². The van der Waals surface area contributed by atoms with E-state index in [4.69, 9.17) is 4.74 Å². The molecule has 2 aromatic rings. The van der Waals surface area contributed by atoms with Crippen LogP contribution >= 0.6 is 11.3 Å². The van der Waals surface area contributed by atoms with Gasteiger partial charge < -0.3 is 10.1 Å². The molecule has 0 saturated heterocycles. The summed E-state index contributed by atoms with van der Waals surface area (Å²) in [6.07, 6.45) is 3.81. The first kappa shape index (κ1) is 14.5. The zero-order valence-electron chi connectivity index (χ0n) is 11.8. The lowest BCUT2D eigenvalue weighted by atomic mass is 10.4. The number of hydrogen-bond donors (Lipinski definition) is 1. The molecule has 0 amide bonds. The Morgan fingerprint density at radius 1 is 1.50 bits per heavy atom. The lowest BCUT2D eigenvalue weighted by Crippen LogP contribution is -2.11. The van der Waals surface area contributed by atoms with Crippen LogP contribution in [0.5, 0.6) is 0 Å². The van der Waals surface area contributed by atoms with Crippen molar-refractivity contribution in [3.8, 4) is 0 Å². The molecule has 2 heterocycles. The van der Waals surface area contributed by atoms with Gasteiger partial charge in [-0.05, 0) is 26.3 Å². The van der Waals surface area contributed by atoms with Crippen LogP contribution in [0.1, 0.15) is 27.9 Å². The number of thiazole rings is 1. The molecule has 0 radical (unpaired) electrons. The molecule has 108 valence electrons. The van der Waals surface area contributed by atoms with Crippen LogP contribution in [0.15, 0.2) is 12.4 Å². The summed E-state index contributed by atoms with van der Waals surface area (Å²) in [5.41, 5.74) is 1.54. The SMILES string of the molecule is CCOC(=O)c1nc(NCCn2cc(C)cn2)sc1C. The highest BCUT2D eigenvalue weighted by atomic mass is 32.1. The monoisotopic (exact) mass is 294 g/mol. The molecule has 0 aliphatic rings. The maximum absolute atomic E-state index is 11.7. The summed E-state index contributed by atoms with van der Waals surface area (Å²) >= 11 is 1.46. The van der Waals surface area contributed by atoms with Crippen LogP contribution < -0.4 is 5.32 Å². The summed E-state index contributed by atoms with van der Waals surface area (Å²) in [5, 5.41) is 8.14. The van der Waals surface area contributed by atoms with E-state index in [0.29, 0.717) is 18.8 Å². The van der Waals surface area contributed by atoms with Crippen LogP contribution in [-0.2, 0) is 11.3 Å². The zero-order chi connectivity index (χ0) is 14.5. The third-order valence-corrected chi connectivity index (χ3v) is 3.57. The van der Waals surface area contributed by atoms with Gasteiger partial charge >= 0.3 is 5.97 Å². The topological polar surface area (TPSA) is 69.0 Å². The summed E-state index contributed by atoms with van der Waals surface area (Å²) in [6.45, 7) is 7.47. The van der Waals surface area contributed by atoms with E-state index in [1.54, 1.807) is 6.92 Å². The maximum Gasteiger partial charge on any atom is 0.358 e. The molecule has 0 bridgehead atoms. The number of esters is 1. The number of hydrogen-bond acceptors (Lipinski definition) is 6. The molecule has 6 nitrogen and oxygen atoms in total. The van der Waals surface area contributed by atoms with E-state index in [-0.39, 0.29) is 5.97 Å². The molecule has 1 N–H and O–H groups in total. The van der Waals surface area contributed by atoms with Gasteiger partial charge in [0.15, 0.2) is 10.8 Å². The second-order valence-corrected chi connectivity index (χ2v) is 5.56. The molecule has 2 aromatic heterocycles. The van der Waals surface area contributed by atoms with E-state index in [1.807, 2.05) is 30.9 Å². The maximum atomic E-state index is 11.7. The molecule has 0 saturated carbocycles. The third kappa shape index (κ3) is 3.57. The molecule has 0 atom stereocenters. The fourth-order valence-corrected chi connectivity index (χ4v) is 2.55. The average molecular weight is 294 g/mol. The highest BCUT2D eigenvalue weighted by molar-refractivity contribution is 7.15. The van der Waals surface area contributed by atoms with E-state index in [9.17, 15) is 4.79 Å².